The topological polar surface area (TPSA) is 12.0 Å². The molecule has 1 aliphatic heterocycles. The zero-order valence-corrected chi connectivity index (χ0v) is 8.95. The molecule has 1 N–H and O–H groups in total. The normalized spacial score (nSPS) is 20.1. The van der Waals surface area contributed by atoms with Crippen LogP contribution in [0.15, 0.2) is 6.07 Å². The predicted molar refractivity (Wildman–Crippen MR) is 57.3 cm³/mol. The molecule has 14 heavy (non-hydrogen) atoms. The van der Waals surface area contributed by atoms with Crippen molar-refractivity contribution in [3.8, 4) is 0 Å². The van der Waals surface area contributed by atoms with Gasteiger partial charge in [0.15, 0.2) is 0 Å². The smallest absolute Gasteiger partial charge is 0.129 e. The highest BCUT2D eigenvalue weighted by Crippen LogP contribution is 2.30. The Morgan fingerprint density at radius 3 is 2.86 bits per heavy atom. The van der Waals surface area contributed by atoms with Gasteiger partial charge < -0.3 is 5.32 Å². The first kappa shape index (κ1) is 9.50. The number of benzene rings is 1. The molecule has 1 aromatic carbocycles. The highest BCUT2D eigenvalue weighted by molar-refractivity contribution is 5.59. The SMILES string of the molecule is Cc1cc2c(c(C)c1F)CCC(C)N2. The maximum atomic E-state index is 13.6. The van der Waals surface area contributed by atoms with Crippen molar-refractivity contribution >= 4 is 5.69 Å². The fourth-order valence-corrected chi connectivity index (χ4v) is 2.15. The Morgan fingerprint density at radius 2 is 2.14 bits per heavy atom. The Morgan fingerprint density at radius 1 is 1.43 bits per heavy atom. The molecule has 1 nitrogen and oxygen atoms in total. The number of hydrogen-bond acceptors (Lipinski definition) is 1. The van der Waals surface area contributed by atoms with Gasteiger partial charge in [-0.2, -0.15) is 0 Å². The van der Waals surface area contributed by atoms with E-state index in [1.54, 1.807) is 0 Å². The van der Waals surface area contributed by atoms with Gasteiger partial charge in [-0.15, -0.1) is 0 Å². The van der Waals surface area contributed by atoms with Crippen molar-refractivity contribution in [2.45, 2.75) is 39.7 Å². The Bertz CT molecular complexity index is 371. The van der Waals surface area contributed by atoms with Crippen molar-refractivity contribution in [2.75, 3.05) is 5.32 Å². The molecule has 1 aliphatic rings. The summed E-state index contributed by atoms with van der Waals surface area (Å²) < 4.78 is 13.6. The van der Waals surface area contributed by atoms with E-state index < -0.39 is 0 Å². The summed E-state index contributed by atoms with van der Waals surface area (Å²) in [6.07, 6.45) is 2.09. The van der Waals surface area contributed by atoms with Crippen molar-refractivity contribution in [1.29, 1.82) is 0 Å². The van der Waals surface area contributed by atoms with Crippen molar-refractivity contribution in [1.82, 2.24) is 0 Å². The highest BCUT2D eigenvalue weighted by Gasteiger charge is 2.18. The monoisotopic (exact) mass is 193 g/mol. The minimum Gasteiger partial charge on any atom is -0.382 e. The molecule has 0 saturated heterocycles. The number of hydrogen-bond donors (Lipinski definition) is 1. The van der Waals surface area contributed by atoms with E-state index in [1.807, 2.05) is 19.9 Å². The van der Waals surface area contributed by atoms with Crippen LogP contribution in [0.5, 0.6) is 0 Å². The van der Waals surface area contributed by atoms with Crippen LogP contribution in [0.2, 0.25) is 0 Å². The van der Waals surface area contributed by atoms with E-state index in [-0.39, 0.29) is 5.82 Å². The fourth-order valence-electron chi connectivity index (χ4n) is 2.15. The molecular weight excluding hydrogens is 177 g/mol. The zero-order valence-electron chi connectivity index (χ0n) is 8.95. The predicted octanol–water partition coefficient (Wildman–Crippen LogP) is 3.19. The number of nitrogens with one attached hydrogen (secondary N) is 1. The minimum absolute atomic E-state index is 0.0416. The first-order chi connectivity index (χ1) is 6.59. The van der Waals surface area contributed by atoms with Crippen LogP contribution < -0.4 is 5.32 Å². The van der Waals surface area contributed by atoms with Gasteiger partial charge in [-0.25, -0.2) is 4.39 Å². The summed E-state index contributed by atoms with van der Waals surface area (Å²) in [4.78, 5) is 0. The molecule has 2 heteroatoms. The molecule has 0 aliphatic carbocycles. The second kappa shape index (κ2) is 3.26. The summed E-state index contributed by atoms with van der Waals surface area (Å²) in [5, 5.41) is 3.40. The molecule has 1 aromatic rings. The fraction of sp³-hybridized carbons (Fsp3) is 0.500. The average molecular weight is 193 g/mol. The summed E-state index contributed by atoms with van der Waals surface area (Å²) in [6, 6.07) is 2.43. The molecule has 0 saturated carbocycles. The van der Waals surface area contributed by atoms with Crippen LogP contribution in [0.4, 0.5) is 10.1 Å². The van der Waals surface area contributed by atoms with Gasteiger partial charge in [0.05, 0.1) is 0 Å². The average Bonchev–Trinajstić information content (AvgIpc) is 2.14. The van der Waals surface area contributed by atoms with Crippen LogP contribution in [-0.2, 0) is 6.42 Å². The lowest BCUT2D eigenvalue weighted by atomic mass is 9.93. The summed E-state index contributed by atoms with van der Waals surface area (Å²) in [6.45, 7) is 5.86. The van der Waals surface area contributed by atoms with Crippen LogP contribution in [0.3, 0.4) is 0 Å². The second-order valence-electron chi connectivity index (χ2n) is 4.24. The molecule has 0 aromatic heterocycles. The van der Waals surface area contributed by atoms with E-state index in [4.69, 9.17) is 0 Å². The quantitative estimate of drug-likeness (QED) is 0.667. The number of halogens is 1. The van der Waals surface area contributed by atoms with Gasteiger partial charge in [-0.1, -0.05) is 0 Å². The Labute approximate surface area is 84.3 Å². The maximum absolute atomic E-state index is 13.6. The van der Waals surface area contributed by atoms with Crippen molar-refractivity contribution < 1.29 is 4.39 Å². The van der Waals surface area contributed by atoms with Crippen LogP contribution in [-0.4, -0.2) is 6.04 Å². The van der Waals surface area contributed by atoms with Crippen molar-refractivity contribution in [2.24, 2.45) is 0 Å². The van der Waals surface area contributed by atoms with Crippen LogP contribution in [0, 0.1) is 19.7 Å². The zero-order chi connectivity index (χ0) is 10.3. The van der Waals surface area contributed by atoms with Crippen LogP contribution in [0.1, 0.15) is 30.0 Å². The number of aryl methyl sites for hydroxylation is 1. The van der Waals surface area contributed by atoms with E-state index >= 15 is 0 Å². The summed E-state index contributed by atoms with van der Waals surface area (Å²) in [5.41, 5.74) is 3.84. The lowest BCUT2D eigenvalue weighted by Crippen LogP contribution is -2.23. The molecule has 1 unspecified atom stereocenters. The molecule has 2 rings (SSSR count). The summed E-state index contributed by atoms with van der Waals surface area (Å²) in [7, 11) is 0. The summed E-state index contributed by atoms with van der Waals surface area (Å²) in [5.74, 6) is -0.0416. The Kier molecular flexibility index (Phi) is 2.22. The van der Waals surface area contributed by atoms with E-state index in [9.17, 15) is 4.39 Å². The van der Waals surface area contributed by atoms with Gasteiger partial charge in [0.1, 0.15) is 5.82 Å². The third kappa shape index (κ3) is 1.39. The Balaban J connectivity index is 2.54. The molecule has 76 valence electrons. The third-order valence-electron chi connectivity index (χ3n) is 3.04. The van der Waals surface area contributed by atoms with Gasteiger partial charge >= 0.3 is 0 Å². The third-order valence-corrected chi connectivity index (χ3v) is 3.04. The van der Waals surface area contributed by atoms with Gasteiger partial charge in [0.25, 0.3) is 0 Å². The lowest BCUT2D eigenvalue weighted by molar-refractivity contribution is 0.598. The molecule has 0 radical (unpaired) electrons. The first-order valence-electron chi connectivity index (χ1n) is 5.14. The molecule has 0 bridgehead atoms. The molecule has 1 heterocycles. The van der Waals surface area contributed by atoms with Crippen molar-refractivity contribution in [3.05, 3.63) is 28.6 Å². The molecule has 1 atom stereocenters. The van der Waals surface area contributed by atoms with E-state index in [0.717, 1.165) is 35.2 Å². The second-order valence-corrected chi connectivity index (χ2v) is 4.24. The lowest BCUT2D eigenvalue weighted by Gasteiger charge is -2.26. The van der Waals surface area contributed by atoms with Crippen LogP contribution in [0.25, 0.3) is 0 Å². The maximum Gasteiger partial charge on any atom is 0.129 e. The summed E-state index contributed by atoms with van der Waals surface area (Å²) >= 11 is 0. The first-order valence-corrected chi connectivity index (χ1v) is 5.14. The molecule has 0 fully saturated rings. The van der Waals surface area contributed by atoms with Gasteiger partial charge in [0.2, 0.25) is 0 Å². The van der Waals surface area contributed by atoms with Crippen molar-refractivity contribution in [3.63, 3.8) is 0 Å². The minimum atomic E-state index is -0.0416. The number of fused-ring (bicyclic) bond motifs is 1. The van der Waals surface area contributed by atoms with E-state index in [2.05, 4.69) is 12.2 Å². The molecule has 0 spiro atoms. The number of rotatable bonds is 0. The largest absolute Gasteiger partial charge is 0.382 e. The van der Waals surface area contributed by atoms with Crippen LogP contribution >= 0.6 is 0 Å². The molecule has 0 amide bonds. The Hall–Kier alpha value is -1.05. The van der Waals surface area contributed by atoms with E-state index in [1.165, 1.54) is 0 Å². The number of anilines is 1. The van der Waals surface area contributed by atoms with Gasteiger partial charge in [-0.05, 0) is 56.4 Å². The standard InChI is InChI=1S/C12H16FN/c1-7-6-11-10(9(3)12(7)13)5-4-8(2)14-11/h6,8,14H,4-5H2,1-3H3. The van der Waals surface area contributed by atoms with Gasteiger partial charge in [0, 0.05) is 11.7 Å². The molecular formula is C12H16FN. The van der Waals surface area contributed by atoms with E-state index in [0.29, 0.717) is 6.04 Å². The highest BCUT2D eigenvalue weighted by atomic mass is 19.1. The van der Waals surface area contributed by atoms with Gasteiger partial charge in [-0.3, -0.25) is 0 Å².